The number of amides is 1. The highest BCUT2D eigenvalue weighted by Gasteiger charge is 2.39. The second-order valence-electron chi connectivity index (χ2n) is 7.71. The van der Waals surface area contributed by atoms with E-state index in [0.29, 0.717) is 23.8 Å². The van der Waals surface area contributed by atoms with Gasteiger partial charge >= 0.3 is 0 Å². The number of nitrogens with one attached hydrogen (secondary N) is 2. The molecule has 1 saturated heterocycles. The predicted octanol–water partition coefficient (Wildman–Crippen LogP) is 2.40. The number of nitrogens with zero attached hydrogens (tertiary/aromatic N) is 5. The van der Waals surface area contributed by atoms with Gasteiger partial charge in [0.2, 0.25) is 11.9 Å². The zero-order valence-corrected chi connectivity index (χ0v) is 18.5. The Labute approximate surface area is 178 Å². The van der Waals surface area contributed by atoms with Crippen molar-refractivity contribution in [3.8, 4) is 0 Å². The Kier molecular flexibility index (Phi) is 5.69. The van der Waals surface area contributed by atoms with Crippen molar-refractivity contribution in [3.05, 3.63) is 35.3 Å². The van der Waals surface area contributed by atoms with Crippen molar-refractivity contribution in [1.29, 1.82) is 0 Å². The summed E-state index contributed by atoms with van der Waals surface area (Å²) in [6.45, 7) is 4.47. The summed E-state index contributed by atoms with van der Waals surface area (Å²) < 4.78 is 1.89. The second kappa shape index (κ2) is 8.23. The quantitative estimate of drug-likeness (QED) is 0.618. The van der Waals surface area contributed by atoms with Gasteiger partial charge in [-0.1, -0.05) is 35.0 Å². The van der Waals surface area contributed by atoms with Gasteiger partial charge in [-0.2, -0.15) is 10.1 Å². The van der Waals surface area contributed by atoms with Crippen LogP contribution in [0.5, 0.6) is 0 Å². The molecule has 2 aromatic heterocycles. The maximum absolute atomic E-state index is 12.9. The van der Waals surface area contributed by atoms with Crippen molar-refractivity contribution in [2.75, 3.05) is 32.5 Å². The molecule has 1 aliphatic heterocycles. The van der Waals surface area contributed by atoms with E-state index in [4.69, 9.17) is 4.98 Å². The van der Waals surface area contributed by atoms with Gasteiger partial charge in [0.05, 0.1) is 11.1 Å². The summed E-state index contributed by atoms with van der Waals surface area (Å²) in [5.74, 6) is 0.000452. The number of rotatable bonds is 7. The van der Waals surface area contributed by atoms with E-state index in [-0.39, 0.29) is 10.7 Å². The Bertz CT molecular complexity index is 994. The molecule has 8 nitrogen and oxygen atoms in total. The van der Waals surface area contributed by atoms with Crippen molar-refractivity contribution in [2.45, 2.75) is 37.1 Å². The van der Waals surface area contributed by atoms with Gasteiger partial charge in [0.15, 0.2) is 5.65 Å². The summed E-state index contributed by atoms with van der Waals surface area (Å²) in [5.41, 5.74) is 3.20. The Morgan fingerprint density at radius 2 is 2.21 bits per heavy atom. The Morgan fingerprint density at radius 1 is 1.38 bits per heavy atom. The number of hydrogen-bond donors (Lipinski definition) is 2. The van der Waals surface area contributed by atoms with Gasteiger partial charge in [0.25, 0.3) is 0 Å². The van der Waals surface area contributed by atoms with Gasteiger partial charge in [0.1, 0.15) is 5.92 Å². The summed E-state index contributed by atoms with van der Waals surface area (Å²) in [5, 5.41) is 11.7. The van der Waals surface area contributed by atoms with Gasteiger partial charge in [-0.15, -0.1) is 0 Å². The normalized spacial score (nSPS) is 21.2. The number of fused-ring (bicyclic) bond motifs is 2. The number of hydrogen-bond acceptors (Lipinski definition) is 6. The van der Waals surface area contributed by atoms with Crippen LogP contribution in [0, 0.1) is 0 Å². The molecule has 2 N–H and O–H groups in total. The van der Waals surface area contributed by atoms with Crippen LogP contribution in [-0.2, 0) is 11.3 Å². The first kappa shape index (κ1) is 20.0. The van der Waals surface area contributed by atoms with Crippen LogP contribution in [0.4, 0.5) is 5.95 Å². The fourth-order valence-electron chi connectivity index (χ4n) is 3.70. The van der Waals surface area contributed by atoms with Crippen molar-refractivity contribution in [2.24, 2.45) is 0 Å². The summed E-state index contributed by atoms with van der Waals surface area (Å²) >= 11 is 3.66. The number of carbonyl (C=O) groups excluding carboxylic acids is 1. The largest absolute Gasteiger partial charge is 0.353 e. The standard InChI is InChI=1S/C20H26BrN7O/c1-4-8-28-11-14-17(16-13-10-12(21)5-6-15(13)23-19(16)29)24-20(25-18(14)26-28)22-7-9-27(2)3/h6,10-12,16H,4-5,7-9H2,1-3H3,(H,23,29)(H,22,25,26). The van der Waals surface area contributed by atoms with Gasteiger partial charge < -0.3 is 15.5 Å². The van der Waals surface area contributed by atoms with Crippen LogP contribution in [0.2, 0.25) is 0 Å². The van der Waals surface area contributed by atoms with Crippen LogP contribution in [0.1, 0.15) is 31.4 Å². The third-order valence-corrected chi connectivity index (χ3v) is 5.71. The zero-order valence-electron chi connectivity index (χ0n) is 16.9. The highest BCUT2D eigenvalue weighted by molar-refractivity contribution is 9.09. The fraction of sp³-hybridized carbons (Fsp3) is 0.500. The van der Waals surface area contributed by atoms with Crippen LogP contribution >= 0.6 is 15.9 Å². The van der Waals surface area contributed by atoms with Gasteiger partial charge in [-0.3, -0.25) is 9.48 Å². The monoisotopic (exact) mass is 459 g/mol. The molecule has 29 heavy (non-hydrogen) atoms. The molecule has 4 rings (SSSR count). The average molecular weight is 460 g/mol. The van der Waals surface area contributed by atoms with Gasteiger partial charge in [-0.25, -0.2) is 4.98 Å². The third kappa shape index (κ3) is 4.06. The van der Waals surface area contributed by atoms with Crippen molar-refractivity contribution < 1.29 is 4.79 Å². The average Bonchev–Trinajstić information content (AvgIpc) is 3.20. The highest BCUT2D eigenvalue weighted by Crippen LogP contribution is 2.40. The number of carbonyl (C=O) groups is 1. The molecule has 0 bridgehead atoms. The van der Waals surface area contributed by atoms with Gasteiger partial charge in [-0.05, 0) is 32.5 Å². The third-order valence-electron chi connectivity index (χ3n) is 5.07. The molecule has 3 heterocycles. The SMILES string of the molecule is CCCn1cc2c(C3C(=O)NC4=CCC(Br)C=C43)nc(NCCN(C)C)nc2n1. The number of anilines is 1. The number of likely N-dealkylation sites (N-methyl/N-ethyl adjacent to an activating group) is 1. The number of alkyl halides is 1. The van der Waals surface area contributed by atoms with Crippen LogP contribution in [0.3, 0.4) is 0 Å². The molecule has 0 radical (unpaired) electrons. The summed E-state index contributed by atoms with van der Waals surface area (Å²) in [6, 6.07) is 0. The zero-order chi connectivity index (χ0) is 20.5. The number of aromatic nitrogens is 4. The molecular formula is C20H26BrN7O. The maximum Gasteiger partial charge on any atom is 0.238 e. The van der Waals surface area contributed by atoms with Crippen LogP contribution in [0.25, 0.3) is 11.0 Å². The molecule has 2 aromatic rings. The lowest BCUT2D eigenvalue weighted by molar-refractivity contribution is -0.119. The summed E-state index contributed by atoms with van der Waals surface area (Å²) in [6.07, 6.45) is 7.97. The first-order valence-electron chi connectivity index (χ1n) is 9.97. The molecule has 0 spiro atoms. The molecule has 0 saturated carbocycles. The number of allylic oxidation sites excluding steroid dienone is 3. The van der Waals surface area contributed by atoms with Crippen LogP contribution in [0.15, 0.2) is 29.6 Å². The van der Waals surface area contributed by atoms with E-state index in [2.05, 4.69) is 60.6 Å². The molecule has 2 aliphatic rings. The van der Waals surface area contributed by atoms with Gasteiger partial charge in [0, 0.05) is 36.4 Å². The van der Waals surface area contributed by atoms with E-state index in [0.717, 1.165) is 42.6 Å². The van der Waals surface area contributed by atoms with E-state index in [1.165, 1.54) is 0 Å². The van der Waals surface area contributed by atoms with E-state index in [1.54, 1.807) is 0 Å². The molecule has 1 amide bonds. The van der Waals surface area contributed by atoms with Crippen molar-refractivity contribution in [3.63, 3.8) is 0 Å². The predicted molar refractivity (Wildman–Crippen MR) is 117 cm³/mol. The van der Waals surface area contributed by atoms with E-state index < -0.39 is 5.92 Å². The van der Waals surface area contributed by atoms with Crippen molar-refractivity contribution >= 4 is 38.8 Å². The minimum atomic E-state index is -0.458. The molecule has 2 atom stereocenters. The molecule has 1 fully saturated rings. The van der Waals surface area contributed by atoms with Crippen LogP contribution < -0.4 is 10.6 Å². The molecular weight excluding hydrogens is 434 g/mol. The molecule has 1 aliphatic carbocycles. The highest BCUT2D eigenvalue weighted by atomic mass is 79.9. The van der Waals surface area contributed by atoms with Crippen LogP contribution in [-0.4, -0.2) is 62.6 Å². The molecule has 2 unspecified atom stereocenters. The first-order valence-corrected chi connectivity index (χ1v) is 10.9. The lowest BCUT2D eigenvalue weighted by Crippen LogP contribution is -2.22. The van der Waals surface area contributed by atoms with E-state index >= 15 is 0 Å². The first-order chi connectivity index (χ1) is 14.0. The Balaban J connectivity index is 1.78. The minimum Gasteiger partial charge on any atom is -0.353 e. The summed E-state index contributed by atoms with van der Waals surface area (Å²) in [4.78, 5) is 24.6. The lowest BCUT2D eigenvalue weighted by atomic mass is 9.91. The Morgan fingerprint density at radius 3 is 2.97 bits per heavy atom. The number of aryl methyl sites for hydroxylation is 1. The minimum absolute atomic E-state index is 0.0495. The molecule has 9 heteroatoms. The number of halogens is 1. The van der Waals surface area contributed by atoms with Crippen molar-refractivity contribution in [1.82, 2.24) is 30.0 Å². The molecule has 0 aromatic carbocycles. The maximum atomic E-state index is 12.9. The molecule has 154 valence electrons. The van der Waals surface area contributed by atoms with E-state index in [1.807, 2.05) is 25.0 Å². The Hall–Kier alpha value is -2.26. The topological polar surface area (TPSA) is 88.0 Å². The smallest absolute Gasteiger partial charge is 0.238 e. The fourth-order valence-corrected chi connectivity index (χ4v) is 4.17. The van der Waals surface area contributed by atoms with E-state index in [9.17, 15) is 4.79 Å². The summed E-state index contributed by atoms with van der Waals surface area (Å²) in [7, 11) is 4.04. The lowest BCUT2D eigenvalue weighted by Gasteiger charge is -2.16. The second-order valence-corrected chi connectivity index (χ2v) is 8.88.